The Balaban J connectivity index is 1.78. The number of amides is 1. The number of carbonyl (C=O) groups is 1. The molecule has 1 amide bonds. The Morgan fingerprint density at radius 1 is 1.14 bits per heavy atom. The van der Waals surface area contributed by atoms with Gasteiger partial charge in [0.25, 0.3) is 0 Å². The number of carbonyl (C=O) groups excluding carboxylic acids is 1. The molecule has 8 heteroatoms. The van der Waals surface area contributed by atoms with Crippen LogP contribution in [0.3, 0.4) is 0 Å². The van der Waals surface area contributed by atoms with Crippen molar-refractivity contribution in [3.63, 3.8) is 0 Å². The zero-order valence-electron chi connectivity index (χ0n) is 18.4. The molecule has 2 fully saturated rings. The van der Waals surface area contributed by atoms with Gasteiger partial charge in [0, 0.05) is 64.9 Å². The first-order valence-corrected chi connectivity index (χ1v) is 10.8. The Kier molecular flexibility index (Phi) is 9.31. The highest BCUT2D eigenvalue weighted by molar-refractivity contribution is 5.80. The lowest BCUT2D eigenvalue weighted by Crippen LogP contribution is -2.56. The van der Waals surface area contributed by atoms with Crippen molar-refractivity contribution in [3.05, 3.63) is 0 Å². The lowest BCUT2D eigenvalue weighted by atomic mass is 10.0. The minimum absolute atomic E-state index is 0.199. The number of likely N-dealkylation sites (N-methyl/N-ethyl adjacent to an activating group) is 1. The molecular formula is C20H40N6O2. The Labute approximate surface area is 170 Å². The van der Waals surface area contributed by atoms with Gasteiger partial charge in [-0.2, -0.15) is 0 Å². The predicted molar refractivity (Wildman–Crippen MR) is 114 cm³/mol. The lowest BCUT2D eigenvalue weighted by Gasteiger charge is -2.40. The van der Waals surface area contributed by atoms with Crippen LogP contribution in [0.2, 0.25) is 0 Å². The molecule has 2 heterocycles. The summed E-state index contributed by atoms with van der Waals surface area (Å²) >= 11 is 0. The molecule has 0 radical (unpaired) electrons. The quantitative estimate of drug-likeness (QED) is 0.516. The van der Waals surface area contributed by atoms with E-state index in [9.17, 15) is 4.79 Å². The number of hydrogen-bond acceptors (Lipinski definition) is 5. The second kappa shape index (κ2) is 11.5. The molecule has 0 bridgehead atoms. The molecule has 0 spiro atoms. The molecule has 28 heavy (non-hydrogen) atoms. The van der Waals surface area contributed by atoms with Crippen molar-refractivity contribution in [2.24, 2.45) is 10.9 Å². The molecule has 2 aliphatic rings. The molecule has 2 rings (SSSR count). The minimum atomic E-state index is -0.199. The maximum atomic E-state index is 11.8. The first-order valence-electron chi connectivity index (χ1n) is 10.8. The SMILES string of the molecule is CCOC(=O)N1CCC(NC(=NC)NCC(C(C)C)N2CCN(C)CC2)CC1. The van der Waals surface area contributed by atoms with Gasteiger partial charge in [-0.05, 0) is 32.7 Å². The lowest BCUT2D eigenvalue weighted by molar-refractivity contribution is 0.0897. The van der Waals surface area contributed by atoms with Crippen LogP contribution in [0, 0.1) is 5.92 Å². The summed E-state index contributed by atoms with van der Waals surface area (Å²) in [6.07, 6.45) is 1.62. The number of hydrogen-bond donors (Lipinski definition) is 2. The first kappa shape index (κ1) is 22.7. The van der Waals surface area contributed by atoms with Crippen molar-refractivity contribution in [1.82, 2.24) is 25.3 Å². The van der Waals surface area contributed by atoms with E-state index in [-0.39, 0.29) is 6.09 Å². The van der Waals surface area contributed by atoms with Gasteiger partial charge in [-0.15, -0.1) is 0 Å². The second-order valence-corrected chi connectivity index (χ2v) is 8.21. The largest absolute Gasteiger partial charge is 0.450 e. The van der Waals surface area contributed by atoms with Crippen molar-refractivity contribution >= 4 is 12.1 Å². The molecule has 0 aromatic heterocycles. The average molecular weight is 397 g/mol. The number of piperazine rings is 1. The first-order chi connectivity index (χ1) is 13.4. The fraction of sp³-hybridized carbons (Fsp3) is 0.900. The van der Waals surface area contributed by atoms with Crippen molar-refractivity contribution in [1.29, 1.82) is 0 Å². The number of ether oxygens (including phenoxy) is 1. The van der Waals surface area contributed by atoms with Gasteiger partial charge in [-0.1, -0.05) is 13.8 Å². The Bertz CT molecular complexity index is 497. The highest BCUT2D eigenvalue weighted by Gasteiger charge is 2.26. The molecule has 2 N–H and O–H groups in total. The van der Waals surface area contributed by atoms with Gasteiger partial charge in [-0.3, -0.25) is 9.89 Å². The molecule has 2 aliphatic heterocycles. The predicted octanol–water partition coefficient (Wildman–Crippen LogP) is 1.04. The van der Waals surface area contributed by atoms with E-state index in [0.29, 0.717) is 24.6 Å². The molecule has 1 atom stereocenters. The van der Waals surface area contributed by atoms with Crippen LogP contribution in [0.25, 0.3) is 0 Å². The molecule has 0 aromatic carbocycles. The van der Waals surface area contributed by atoms with E-state index in [1.807, 2.05) is 14.0 Å². The van der Waals surface area contributed by atoms with Gasteiger partial charge in [0.2, 0.25) is 0 Å². The Morgan fingerprint density at radius 2 is 1.79 bits per heavy atom. The second-order valence-electron chi connectivity index (χ2n) is 8.21. The van der Waals surface area contributed by atoms with Gasteiger partial charge in [0.15, 0.2) is 5.96 Å². The summed E-state index contributed by atoms with van der Waals surface area (Å²) in [5.41, 5.74) is 0. The number of nitrogens with zero attached hydrogens (tertiary/aromatic N) is 4. The topological polar surface area (TPSA) is 72.4 Å². The van der Waals surface area contributed by atoms with Crippen molar-refractivity contribution < 1.29 is 9.53 Å². The zero-order valence-corrected chi connectivity index (χ0v) is 18.4. The summed E-state index contributed by atoms with van der Waals surface area (Å²) in [6.45, 7) is 13.7. The molecule has 0 aromatic rings. The summed E-state index contributed by atoms with van der Waals surface area (Å²) in [7, 11) is 4.02. The van der Waals surface area contributed by atoms with Crippen molar-refractivity contribution in [2.75, 3.05) is 66.5 Å². The van der Waals surface area contributed by atoms with Crippen LogP contribution >= 0.6 is 0 Å². The number of aliphatic imine (C=N–C) groups is 1. The van der Waals surface area contributed by atoms with Crippen molar-refractivity contribution in [3.8, 4) is 0 Å². The monoisotopic (exact) mass is 396 g/mol. The zero-order chi connectivity index (χ0) is 20.5. The normalized spacial score (nSPS) is 21.6. The average Bonchev–Trinajstić information content (AvgIpc) is 2.69. The number of rotatable bonds is 6. The smallest absolute Gasteiger partial charge is 0.409 e. The standard InChI is InChI=1S/C20H40N6O2/c1-6-28-20(27)26-9-7-17(8-10-26)23-19(21-4)22-15-18(16(2)3)25-13-11-24(5)12-14-25/h16-18H,6-15H2,1-5H3,(H2,21,22,23). The Hall–Kier alpha value is -1.54. The van der Waals surface area contributed by atoms with Gasteiger partial charge < -0.3 is 25.2 Å². The summed E-state index contributed by atoms with van der Waals surface area (Å²) < 4.78 is 5.09. The molecule has 1 unspecified atom stereocenters. The molecule has 8 nitrogen and oxygen atoms in total. The number of piperidine rings is 1. The van der Waals surface area contributed by atoms with Gasteiger partial charge in [0.05, 0.1) is 6.61 Å². The van der Waals surface area contributed by atoms with Crippen LogP contribution in [0.1, 0.15) is 33.6 Å². The number of nitrogens with one attached hydrogen (secondary N) is 2. The van der Waals surface area contributed by atoms with E-state index in [2.05, 4.69) is 46.3 Å². The summed E-state index contributed by atoms with van der Waals surface area (Å²) in [4.78, 5) is 23.0. The third kappa shape index (κ3) is 6.81. The van der Waals surface area contributed by atoms with Crippen molar-refractivity contribution in [2.45, 2.75) is 45.7 Å². The highest BCUT2D eigenvalue weighted by Crippen LogP contribution is 2.14. The third-order valence-electron chi connectivity index (χ3n) is 5.84. The van der Waals surface area contributed by atoms with E-state index < -0.39 is 0 Å². The molecule has 2 saturated heterocycles. The van der Waals surface area contributed by atoms with Crippen LogP contribution in [-0.4, -0.2) is 105 Å². The summed E-state index contributed by atoms with van der Waals surface area (Å²) in [5, 5.41) is 7.07. The Morgan fingerprint density at radius 3 is 2.32 bits per heavy atom. The van der Waals surface area contributed by atoms with Gasteiger partial charge >= 0.3 is 6.09 Å². The van der Waals surface area contributed by atoms with Crippen LogP contribution in [-0.2, 0) is 4.74 Å². The minimum Gasteiger partial charge on any atom is -0.450 e. The van der Waals surface area contributed by atoms with Gasteiger partial charge in [-0.25, -0.2) is 4.79 Å². The van der Waals surface area contributed by atoms with Crippen LogP contribution in [0.5, 0.6) is 0 Å². The highest BCUT2D eigenvalue weighted by atomic mass is 16.6. The summed E-state index contributed by atoms with van der Waals surface area (Å²) in [6, 6.07) is 0.830. The van der Waals surface area contributed by atoms with E-state index >= 15 is 0 Å². The maximum absolute atomic E-state index is 11.8. The van der Waals surface area contributed by atoms with E-state index in [1.165, 1.54) is 0 Å². The van der Waals surface area contributed by atoms with Gasteiger partial charge in [0.1, 0.15) is 0 Å². The third-order valence-corrected chi connectivity index (χ3v) is 5.84. The molecule has 0 aliphatic carbocycles. The van der Waals surface area contributed by atoms with E-state index in [0.717, 1.165) is 64.6 Å². The van der Waals surface area contributed by atoms with Crippen LogP contribution < -0.4 is 10.6 Å². The fourth-order valence-corrected chi connectivity index (χ4v) is 3.95. The number of likely N-dealkylation sites (tertiary alicyclic amines) is 1. The number of guanidine groups is 1. The molecular weight excluding hydrogens is 356 g/mol. The maximum Gasteiger partial charge on any atom is 0.409 e. The fourth-order valence-electron chi connectivity index (χ4n) is 3.95. The van der Waals surface area contributed by atoms with Crippen LogP contribution in [0.4, 0.5) is 4.79 Å². The molecule has 0 saturated carbocycles. The van der Waals surface area contributed by atoms with E-state index in [4.69, 9.17) is 4.74 Å². The summed E-state index contributed by atoms with van der Waals surface area (Å²) in [5.74, 6) is 1.44. The molecule has 162 valence electrons. The van der Waals surface area contributed by atoms with Crippen LogP contribution in [0.15, 0.2) is 4.99 Å². The van der Waals surface area contributed by atoms with E-state index in [1.54, 1.807) is 4.90 Å².